The first kappa shape index (κ1) is 21.0. The molecule has 6 nitrogen and oxygen atoms in total. The molecular weight excluding hydrogens is 358 g/mol. The van der Waals surface area contributed by atoms with E-state index >= 15 is 0 Å². The predicted molar refractivity (Wildman–Crippen MR) is 107 cm³/mol. The third-order valence-electron chi connectivity index (χ3n) is 4.13. The first-order valence-electron chi connectivity index (χ1n) is 8.86. The highest BCUT2D eigenvalue weighted by Gasteiger charge is 2.14. The van der Waals surface area contributed by atoms with Gasteiger partial charge in [0.05, 0.1) is 27.8 Å². The van der Waals surface area contributed by atoms with E-state index in [-0.39, 0.29) is 24.8 Å². The summed E-state index contributed by atoms with van der Waals surface area (Å²) < 4.78 is 15.2. The van der Waals surface area contributed by atoms with E-state index in [9.17, 15) is 9.59 Å². The van der Waals surface area contributed by atoms with Crippen molar-refractivity contribution in [2.45, 2.75) is 13.0 Å². The molecule has 0 spiro atoms. The van der Waals surface area contributed by atoms with Gasteiger partial charge in [-0.25, -0.2) is 0 Å². The van der Waals surface area contributed by atoms with Gasteiger partial charge in [-0.1, -0.05) is 30.3 Å². The van der Waals surface area contributed by atoms with Crippen LogP contribution in [-0.2, 0) is 20.9 Å². The summed E-state index contributed by atoms with van der Waals surface area (Å²) in [5, 5.41) is 0. The first-order valence-corrected chi connectivity index (χ1v) is 8.86. The molecule has 0 aliphatic heterocycles. The molecule has 2 aromatic rings. The Hall–Kier alpha value is -3.28. The van der Waals surface area contributed by atoms with E-state index in [1.807, 2.05) is 42.5 Å². The monoisotopic (exact) mass is 383 g/mol. The van der Waals surface area contributed by atoms with Crippen molar-refractivity contribution in [3.63, 3.8) is 0 Å². The standard InChI is InChI=1S/C22H25NO5/c1-26-19-13-18(14-20(15-19)27-2)9-10-21(24)23(12-11-22(25)28-3)16-17-7-5-4-6-8-17/h4-10,13-15H,11-12,16H2,1-3H3/b10-9+. The minimum atomic E-state index is -0.354. The molecule has 0 unspecified atom stereocenters. The largest absolute Gasteiger partial charge is 0.497 e. The molecule has 2 aromatic carbocycles. The fourth-order valence-electron chi connectivity index (χ4n) is 2.60. The van der Waals surface area contributed by atoms with E-state index < -0.39 is 0 Å². The quantitative estimate of drug-likeness (QED) is 0.491. The van der Waals surface area contributed by atoms with Gasteiger partial charge in [0.15, 0.2) is 0 Å². The fraction of sp³-hybridized carbons (Fsp3) is 0.273. The van der Waals surface area contributed by atoms with Gasteiger partial charge in [-0.2, -0.15) is 0 Å². The SMILES string of the molecule is COC(=O)CCN(Cc1ccccc1)C(=O)/C=C/c1cc(OC)cc(OC)c1. The Balaban J connectivity index is 2.16. The molecule has 2 rings (SSSR count). The second kappa shape index (κ2) is 10.8. The number of rotatable bonds is 9. The molecule has 0 atom stereocenters. The second-order valence-electron chi connectivity index (χ2n) is 6.05. The average molecular weight is 383 g/mol. The number of carbonyl (C=O) groups excluding carboxylic acids is 2. The van der Waals surface area contributed by atoms with Gasteiger partial charge in [0.25, 0.3) is 0 Å². The Kier molecular flexibility index (Phi) is 8.09. The smallest absolute Gasteiger partial charge is 0.307 e. The van der Waals surface area contributed by atoms with Gasteiger partial charge in [-0.15, -0.1) is 0 Å². The number of esters is 1. The lowest BCUT2D eigenvalue weighted by atomic mass is 10.1. The maximum absolute atomic E-state index is 12.8. The lowest BCUT2D eigenvalue weighted by molar-refractivity contribution is -0.141. The molecule has 0 bridgehead atoms. The minimum absolute atomic E-state index is 0.135. The maximum atomic E-state index is 12.8. The molecule has 0 N–H and O–H groups in total. The number of carbonyl (C=O) groups is 2. The topological polar surface area (TPSA) is 65.1 Å². The molecule has 1 amide bonds. The fourth-order valence-corrected chi connectivity index (χ4v) is 2.60. The molecule has 0 radical (unpaired) electrons. The van der Waals surface area contributed by atoms with E-state index in [2.05, 4.69) is 4.74 Å². The number of amides is 1. The Morgan fingerprint density at radius 3 is 2.18 bits per heavy atom. The van der Waals surface area contributed by atoms with Crippen LogP contribution in [0.25, 0.3) is 6.08 Å². The van der Waals surface area contributed by atoms with Crippen LogP contribution in [-0.4, -0.2) is 44.7 Å². The lowest BCUT2D eigenvalue weighted by Gasteiger charge is -2.21. The van der Waals surface area contributed by atoms with Crippen molar-refractivity contribution in [2.75, 3.05) is 27.9 Å². The molecule has 6 heteroatoms. The molecule has 148 valence electrons. The van der Waals surface area contributed by atoms with Crippen molar-refractivity contribution in [2.24, 2.45) is 0 Å². The zero-order valence-corrected chi connectivity index (χ0v) is 16.4. The third-order valence-corrected chi connectivity index (χ3v) is 4.13. The number of hydrogen-bond acceptors (Lipinski definition) is 5. The minimum Gasteiger partial charge on any atom is -0.497 e. The van der Waals surface area contributed by atoms with Crippen LogP contribution in [0.1, 0.15) is 17.5 Å². The van der Waals surface area contributed by atoms with Gasteiger partial charge in [0.2, 0.25) is 5.91 Å². The number of benzene rings is 2. The average Bonchev–Trinajstić information content (AvgIpc) is 2.74. The summed E-state index contributed by atoms with van der Waals surface area (Å²) in [6.45, 7) is 0.675. The Morgan fingerprint density at radius 2 is 1.61 bits per heavy atom. The van der Waals surface area contributed by atoms with Gasteiger partial charge in [-0.3, -0.25) is 9.59 Å². The summed E-state index contributed by atoms with van der Waals surface area (Å²) in [4.78, 5) is 25.9. The Morgan fingerprint density at radius 1 is 0.964 bits per heavy atom. The van der Waals surface area contributed by atoms with Gasteiger partial charge in [-0.05, 0) is 29.3 Å². The van der Waals surface area contributed by atoms with Gasteiger partial charge < -0.3 is 19.1 Å². The zero-order chi connectivity index (χ0) is 20.4. The molecule has 0 aromatic heterocycles. The van der Waals surface area contributed by atoms with Crippen molar-refractivity contribution in [3.8, 4) is 11.5 Å². The van der Waals surface area contributed by atoms with Crippen molar-refractivity contribution < 1.29 is 23.8 Å². The van der Waals surface area contributed by atoms with E-state index in [0.717, 1.165) is 11.1 Å². The number of hydrogen-bond donors (Lipinski definition) is 0. The van der Waals surface area contributed by atoms with Crippen LogP contribution in [0.15, 0.2) is 54.6 Å². The number of ether oxygens (including phenoxy) is 3. The van der Waals surface area contributed by atoms with Gasteiger partial charge in [0, 0.05) is 25.2 Å². The van der Waals surface area contributed by atoms with E-state index in [1.165, 1.54) is 13.2 Å². The van der Waals surface area contributed by atoms with Gasteiger partial charge in [0.1, 0.15) is 11.5 Å². The van der Waals surface area contributed by atoms with E-state index in [4.69, 9.17) is 9.47 Å². The highest BCUT2D eigenvalue weighted by atomic mass is 16.5. The molecule has 0 aliphatic carbocycles. The third kappa shape index (κ3) is 6.46. The van der Waals surface area contributed by atoms with Crippen LogP contribution >= 0.6 is 0 Å². The maximum Gasteiger partial charge on any atom is 0.307 e. The summed E-state index contributed by atoms with van der Waals surface area (Å²) in [5.41, 5.74) is 1.76. The lowest BCUT2D eigenvalue weighted by Crippen LogP contribution is -2.31. The van der Waals surface area contributed by atoms with Crippen LogP contribution in [0, 0.1) is 0 Å². The van der Waals surface area contributed by atoms with Gasteiger partial charge >= 0.3 is 5.97 Å². The highest BCUT2D eigenvalue weighted by molar-refractivity contribution is 5.92. The Labute approximate surface area is 165 Å². The Bertz CT molecular complexity index is 795. The summed E-state index contributed by atoms with van der Waals surface area (Å²) in [5.74, 6) is 0.721. The summed E-state index contributed by atoms with van der Waals surface area (Å²) >= 11 is 0. The summed E-state index contributed by atoms with van der Waals surface area (Å²) in [6.07, 6.45) is 3.31. The van der Waals surface area contributed by atoms with Crippen LogP contribution < -0.4 is 9.47 Å². The number of methoxy groups -OCH3 is 3. The molecule has 0 aliphatic rings. The molecule has 0 fully saturated rings. The van der Waals surface area contributed by atoms with Crippen molar-refractivity contribution in [1.29, 1.82) is 0 Å². The predicted octanol–water partition coefficient (Wildman–Crippen LogP) is 3.31. The molecule has 0 heterocycles. The zero-order valence-electron chi connectivity index (χ0n) is 16.4. The van der Waals surface area contributed by atoms with Crippen LogP contribution in [0.4, 0.5) is 0 Å². The summed E-state index contributed by atoms with van der Waals surface area (Å²) in [6, 6.07) is 15.0. The molecule has 28 heavy (non-hydrogen) atoms. The second-order valence-corrected chi connectivity index (χ2v) is 6.05. The first-order chi connectivity index (χ1) is 13.5. The molecule has 0 saturated heterocycles. The molecular formula is C22H25NO5. The van der Waals surface area contributed by atoms with Crippen molar-refractivity contribution in [3.05, 3.63) is 65.7 Å². The van der Waals surface area contributed by atoms with E-state index in [1.54, 1.807) is 31.3 Å². The van der Waals surface area contributed by atoms with Crippen molar-refractivity contribution >= 4 is 18.0 Å². The summed E-state index contributed by atoms with van der Waals surface area (Å²) in [7, 11) is 4.48. The normalized spacial score (nSPS) is 10.5. The van der Waals surface area contributed by atoms with Crippen LogP contribution in [0.2, 0.25) is 0 Å². The van der Waals surface area contributed by atoms with E-state index in [0.29, 0.717) is 18.0 Å². The van der Waals surface area contributed by atoms with Crippen LogP contribution in [0.3, 0.4) is 0 Å². The highest BCUT2D eigenvalue weighted by Crippen LogP contribution is 2.23. The molecule has 0 saturated carbocycles. The van der Waals surface area contributed by atoms with Crippen LogP contribution in [0.5, 0.6) is 11.5 Å². The number of nitrogens with zero attached hydrogens (tertiary/aromatic N) is 1. The van der Waals surface area contributed by atoms with Crippen molar-refractivity contribution in [1.82, 2.24) is 4.90 Å².